The van der Waals surface area contributed by atoms with Crippen LogP contribution in [0.3, 0.4) is 0 Å². The summed E-state index contributed by atoms with van der Waals surface area (Å²) < 4.78 is 6.92. The number of ether oxygens (including phenoxy) is 1. The Kier molecular flexibility index (Phi) is 6.55. The summed E-state index contributed by atoms with van der Waals surface area (Å²) in [5.41, 5.74) is 0. The second kappa shape index (κ2) is 7.72. The van der Waals surface area contributed by atoms with Crippen molar-refractivity contribution in [3.05, 3.63) is 28.7 Å². The van der Waals surface area contributed by atoms with Gasteiger partial charge in [0.25, 0.3) is 0 Å². The minimum atomic E-state index is 0.318. The fourth-order valence-electron chi connectivity index (χ4n) is 1.66. The first-order chi connectivity index (χ1) is 7.72. The smallest absolute Gasteiger partial charge is 0.119 e. The molecule has 0 bridgehead atoms. The van der Waals surface area contributed by atoms with Gasteiger partial charge in [0.15, 0.2) is 0 Å². The standard InChI is InChI=1S/C14H21BrO/c1-3-4-5-6-7-12(2)16-14-10-8-13(15)9-11-14/h8-12H,3-7H2,1-2H3/t12-/m1/s1. The molecule has 1 atom stereocenters. The van der Waals surface area contributed by atoms with Crippen molar-refractivity contribution in [1.82, 2.24) is 0 Å². The molecule has 0 aromatic heterocycles. The second-order valence-corrected chi connectivity index (χ2v) is 5.15. The Balaban J connectivity index is 2.23. The lowest BCUT2D eigenvalue weighted by Gasteiger charge is -2.14. The van der Waals surface area contributed by atoms with Crippen LogP contribution in [0.15, 0.2) is 28.7 Å². The van der Waals surface area contributed by atoms with Crippen molar-refractivity contribution < 1.29 is 4.74 Å². The van der Waals surface area contributed by atoms with E-state index in [1.165, 1.54) is 25.7 Å². The molecule has 0 saturated heterocycles. The summed E-state index contributed by atoms with van der Waals surface area (Å²) in [5, 5.41) is 0. The van der Waals surface area contributed by atoms with E-state index in [9.17, 15) is 0 Å². The van der Waals surface area contributed by atoms with Crippen LogP contribution in [0.4, 0.5) is 0 Å². The summed E-state index contributed by atoms with van der Waals surface area (Å²) in [6.07, 6.45) is 6.69. The predicted molar refractivity (Wildman–Crippen MR) is 73.0 cm³/mol. The van der Waals surface area contributed by atoms with Crippen LogP contribution in [0.1, 0.15) is 46.0 Å². The van der Waals surface area contributed by atoms with Crippen LogP contribution in [0.25, 0.3) is 0 Å². The molecular weight excluding hydrogens is 264 g/mol. The van der Waals surface area contributed by atoms with Crippen LogP contribution in [0.2, 0.25) is 0 Å². The number of rotatable bonds is 7. The molecule has 2 heteroatoms. The molecule has 1 aromatic rings. The van der Waals surface area contributed by atoms with Gasteiger partial charge in [-0.25, -0.2) is 0 Å². The van der Waals surface area contributed by atoms with Crippen LogP contribution in [-0.4, -0.2) is 6.10 Å². The van der Waals surface area contributed by atoms with Gasteiger partial charge in [0.2, 0.25) is 0 Å². The molecule has 0 saturated carbocycles. The first kappa shape index (κ1) is 13.6. The van der Waals surface area contributed by atoms with Gasteiger partial charge in [0.05, 0.1) is 6.10 Å². The van der Waals surface area contributed by atoms with Crippen molar-refractivity contribution in [2.24, 2.45) is 0 Å². The molecule has 0 N–H and O–H groups in total. The van der Waals surface area contributed by atoms with Crippen LogP contribution < -0.4 is 4.74 Å². The predicted octanol–water partition coefficient (Wildman–Crippen LogP) is 5.19. The lowest BCUT2D eigenvalue weighted by Crippen LogP contribution is -2.11. The third kappa shape index (κ3) is 5.55. The number of benzene rings is 1. The number of hydrogen-bond donors (Lipinski definition) is 0. The first-order valence-electron chi connectivity index (χ1n) is 6.14. The lowest BCUT2D eigenvalue weighted by molar-refractivity contribution is 0.206. The molecule has 16 heavy (non-hydrogen) atoms. The highest BCUT2D eigenvalue weighted by Gasteiger charge is 2.03. The average molecular weight is 285 g/mol. The lowest BCUT2D eigenvalue weighted by atomic mass is 10.1. The van der Waals surface area contributed by atoms with E-state index in [4.69, 9.17) is 4.74 Å². The molecule has 0 unspecified atom stereocenters. The monoisotopic (exact) mass is 284 g/mol. The van der Waals surface area contributed by atoms with Crippen molar-refractivity contribution in [3.8, 4) is 5.75 Å². The van der Waals surface area contributed by atoms with E-state index in [1.807, 2.05) is 24.3 Å². The Morgan fingerprint density at radius 3 is 2.44 bits per heavy atom. The Hall–Kier alpha value is -0.500. The second-order valence-electron chi connectivity index (χ2n) is 4.23. The molecular formula is C14H21BrO. The van der Waals surface area contributed by atoms with E-state index in [-0.39, 0.29) is 0 Å². The zero-order valence-corrected chi connectivity index (χ0v) is 11.8. The summed E-state index contributed by atoms with van der Waals surface area (Å²) in [6.45, 7) is 4.38. The molecule has 90 valence electrons. The maximum absolute atomic E-state index is 5.83. The minimum absolute atomic E-state index is 0.318. The van der Waals surface area contributed by atoms with Crippen LogP contribution in [0.5, 0.6) is 5.75 Å². The molecule has 0 aliphatic carbocycles. The van der Waals surface area contributed by atoms with Gasteiger partial charge in [-0.15, -0.1) is 0 Å². The summed E-state index contributed by atoms with van der Waals surface area (Å²) >= 11 is 3.42. The van der Waals surface area contributed by atoms with Crippen LogP contribution in [-0.2, 0) is 0 Å². The largest absolute Gasteiger partial charge is 0.491 e. The minimum Gasteiger partial charge on any atom is -0.491 e. The van der Waals surface area contributed by atoms with Crippen molar-refractivity contribution in [1.29, 1.82) is 0 Å². The van der Waals surface area contributed by atoms with E-state index in [0.29, 0.717) is 6.10 Å². The van der Waals surface area contributed by atoms with Crippen molar-refractivity contribution in [3.63, 3.8) is 0 Å². The van der Waals surface area contributed by atoms with Gasteiger partial charge in [-0.2, -0.15) is 0 Å². The third-order valence-corrected chi connectivity index (χ3v) is 3.14. The topological polar surface area (TPSA) is 9.23 Å². The summed E-state index contributed by atoms with van der Waals surface area (Å²) in [6, 6.07) is 8.04. The van der Waals surface area contributed by atoms with Gasteiger partial charge in [-0.05, 0) is 44.0 Å². The van der Waals surface area contributed by atoms with Crippen molar-refractivity contribution >= 4 is 15.9 Å². The zero-order valence-electron chi connectivity index (χ0n) is 10.2. The molecule has 0 spiro atoms. The average Bonchev–Trinajstić information content (AvgIpc) is 2.28. The highest BCUT2D eigenvalue weighted by atomic mass is 79.9. The SMILES string of the molecule is CCCCCC[C@@H](C)Oc1ccc(Br)cc1. The maximum Gasteiger partial charge on any atom is 0.119 e. The fourth-order valence-corrected chi connectivity index (χ4v) is 1.93. The van der Waals surface area contributed by atoms with Gasteiger partial charge in [-0.3, -0.25) is 0 Å². The number of unbranched alkanes of at least 4 members (excludes halogenated alkanes) is 3. The van der Waals surface area contributed by atoms with Gasteiger partial charge in [-0.1, -0.05) is 42.1 Å². The van der Waals surface area contributed by atoms with Crippen LogP contribution >= 0.6 is 15.9 Å². The quantitative estimate of drug-likeness (QED) is 0.627. The van der Waals surface area contributed by atoms with Gasteiger partial charge >= 0.3 is 0 Å². The molecule has 0 amide bonds. The highest BCUT2D eigenvalue weighted by Crippen LogP contribution is 2.18. The van der Waals surface area contributed by atoms with Crippen molar-refractivity contribution in [2.75, 3.05) is 0 Å². The van der Waals surface area contributed by atoms with E-state index < -0.39 is 0 Å². The van der Waals surface area contributed by atoms with Gasteiger partial charge in [0.1, 0.15) is 5.75 Å². The summed E-state index contributed by atoms with van der Waals surface area (Å²) in [7, 11) is 0. The maximum atomic E-state index is 5.83. The van der Waals surface area contributed by atoms with E-state index in [1.54, 1.807) is 0 Å². The van der Waals surface area contributed by atoms with Crippen molar-refractivity contribution in [2.45, 2.75) is 52.1 Å². The molecule has 1 aromatic carbocycles. The molecule has 1 rings (SSSR count). The third-order valence-electron chi connectivity index (χ3n) is 2.62. The van der Waals surface area contributed by atoms with Gasteiger partial charge in [0, 0.05) is 4.47 Å². The summed E-state index contributed by atoms with van der Waals surface area (Å²) in [4.78, 5) is 0. The molecule has 0 aliphatic rings. The van der Waals surface area contributed by atoms with E-state index in [0.717, 1.165) is 16.6 Å². The number of hydrogen-bond acceptors (Lipinski definition) is 1. The molecule has 1 nitrogen and oxygen atoms in total. The Labute approximate surface area is 107 Å². The number of halogens is 1. The Morgan fingerprint density at radius 2 is 1.81 bits per heavy atom. The molecule has 0 fully saturated rings. The van der Waals surface area contributed by atoms with E-state index in [2.05, 4.69) is 29.8 Å². The Bertz CT molecular complexity index is 281. The molecule has 0 radical (unpaired) electrons. The zero-order chi connectivity index (χ0) is 11.8. The Morgan fingerprint density at radius 1 is 1.12 bits per heavy atom. The first-order valence-corrected chi connectivity index (χ1v) is 6.94. The van der Waals surface area contributed by atoms with Crippen LogP contribution in [0, 0.1) is 0 Å². The normalized spacial score (nSPS) is 12.4. The molecule has 0 aliphatic heterocycles. The highest BCUT2D eigenvalue weighted by molar-refractivity contribution is 9.10. The molecule has 0 heterocycles. The fraction of sp³-hybridized carbons (Fsp3) is 0.571. The van der Waals surface area contributed by atoms with Gasteiger partial charge < -0.3 is 4.74 Å². The summed E-state index contributed by atoms with van der Waals surface area (Å²) in [5.74, 6) is 0.964. The van der Waals surface area contributed by atoms with E-state index >= 15 is 0 Å².